The fourth-order valence-corrected chi connectivity index (χ4v) is 3.12. The lowest BCUT2D eigenvalue weighted by Crippen LogP contribution is -2.20. The van der Waals surface area contributed by atoms with E-state index in [1.54, 1.807) is 43.6 Å². The number of rotatable bonds is 7. The fraction of sp³-hybridized carbons (Fsp3) is 0.318. The summed E-state index contributed by atoms with van der Waals surface area (Å²) in [5, 5.41) is 0.483. The second-order valence-electron chi connectivity index (χ2n) is 6.65. The monoisotopic (exact) mass is 364 g/mol. The van der Waals surface area contributed by atoms with E-state index in [4.69, 9.17) is 4.74 Å². The van der Waals surface area contributed by atoms with Gasteiger partial charge in [0.2, 0.25) is 5.43 Å². The van der Waals surface area contributed by atoms with E-state index in [1.165, 1.54) is 0 Å². The van der Waals surface area contributed by atoms with Crippen LogP contribution in [0.3, 0.4) is 0 Å². The number of ether oxygens (including phenoxy) is 1. The summed E-state index contributed by atoms with van der Waals surface area (Å²) in [7, 11) is 1.57. The Kier molecular flexibility index (Phi) is 5.69. The zero-order chi connectivity index (χ0) is 19.4. The van der Waals surface area contributed by atoms with Crippen molar-refractivity contribution in [3.8, 4) is 5.75 Å². The van der Waals surface area contributed by atoms with Gasteiger partial charge in [0.05, 0.1) is 18.1 Å². The Labute approximate surface area is 158 Å². The van der Waals surface area contributed by atoms with Gasteiger partial charge in [-0.25, -0.2) is 4.98 Å². The molecule has 0 aliphatic heterocycles. The molecule has 0 N–H and O–H groups in total. The van der Waals surface area contributed by atoms with E-state index in [-0.39, 0.29) is 16.8 Å². The maximum absolute atomic E-state index is 13.0. The van der Waals surface area contributed by atoms with Gasteiger partial charge in [-0.05, 0) is 49.7 Å². The molecule has 0 fully saturated rings. The van der Waals surface area contributed by atoms with Crippen LogP contribution >= 0.6 is 0 Å². The molecule has 0 atom stereocenters. The van der Waals surface area contributed by atoms with Crippen LogP contribution in [0.2, 0.25) is 0 Å². The number of methoxy groups -OCH3 is 1. The van der Waals surface area contributed by atoms with Crippen LogP contribution in [0.4, 0.5) is 0 Å². The predicted molar refractivity (Wildman–Crippen MR) is 107 cm³/mol. The van der Waals surface area contributed by atoms with Gasteiger partial charge in [-0.1, -0.05) is 19.8 Å². The highest BCUT2D eigenvalue weighted by Gasteiger charge is 2.18. The molecule has 0 amide bonds. The van der Waals surface area contributed by atoms with Gasteiger partial charge in [0, 0.05) is 24.0 Å². The highest BCUT2D eigenvalue weighted by atomic mass is 16.5. The summed E-state index contributed by atoms with van der Waals surface area (Å²) >= 11 is 0. The number of aromatic nitrogens is 2. The van der Waals surface area contributed by atoms with E-state index < -0.39 is 0 Å². The van der Waals surface area contributed by atoms with Crippen LogP contribution in [0.25, 0.3) is 11.0 Å². The Hall–Kier alpha value is -2.95. The van der Waals surface area contributed by atoms with Gasteiger partial charge >= 0.3 is 0 Å². The van der Waals surface area contributed by atoms with Crippen molar-refractivity contribution in [3.05, 3.63) is 69.6 Å². The topological polar surface area (TPSA) is 61.2 Å². The molecule has 0 aliphatic carbocycles. The van der Waals surface area contributed by atoms with Crippen LogP contribution in [-0.2, 0) is 6.54 Å². The maximum Gasteiger partial charge on any atom is 0.202 e. The van der Waals surface area contributed by atoms with Crippen LogP contribution in [0.1, 0.15) is 47.8 Å². The van der Waals surface area contributed by atoms with Crippen LogP contribution in [0, 0.1) is 6.92 Å². The molecule has 27 heavy (non-hydrogen) atoms. The minimum Gasteiger partial charge on any atom is -0.497 e. The lowest BCUT2D eigenvalue weighted by molar-refractivity contribution is 0.103. The number of aryl methyl sites for hydroxylation is 2. The number of carbonyl (C=O) groups is 1. The lowest BCUT2D eigenvalue weighted by Gasteiger charge is -2.13. The standard InChI is InChI=1S/C22H24N2O3/c1-4-5-6-13-24-14-19(20(25)16-8-10-17(27-3)11-9-16)21(26)18-12-7-15(2)23-22(18)24/h7-12,14H,4-6,13H2,1-3H3. The molecule has 0 saturated heterocycles. The Morgan fingerprint density at radius 2 is 1.85 bits per heavy atom. The van der Waals surface area contributed by atoms with Crippen molar-refractivity contribution < 1.29 is 9.53 Å². The van der Waals surface area contributed by atoms with Gasteiger partial charge < -0.3 is 9.30 Å². The summed E-state index contributed by atoms with van der Waals surface area (Å²) < 4.78 is 7.08. The Morgan fingerprint density at radius 3 is 2.52 bits per heavy atom. The molecule has 2 aromatic heterocycles. The number of benzene rings is 1. The third kappa shape index (κ3) is 3.92. The Balaban J connectivity index is 2.11. The van der Waals surface area contributed by atoms with Gasteiger partial charge in [-0.3, -0.25) is 9.59 Å². The second-order valence-corrected chi connectivity index (χ2v) is 6.65. The van der Waals surface area contributed by atoms with Crippen molar-refractivity contribution in [1.82, 2.24) is 9.55 Å². The zero-order valence-electron chi connectivity index (χ0n) is 16.0. The molecule has 3 aromatic rings. The summed E-state index contributed by atoms with van der Waals surface area (Å²) in [6.07, 6.45) is 4.82. The molecule has 0 radical (unpaired) electrons. The molecule has 5 nitrogen and oxygen atoms in total. The van der Waals surface area contributed by atoms with Crippen LogP contribution in [-0.4, -0.2) is 22.4 Å². The Morgan fingerprint density at radius 1 is 1.11 bits per heavy atom. The van der Waals surface area contributed by atoms with Gasteiger partial charge in [-0.2, -0.15) is 0 Å². The Bertz CT molecular complexity index is 1020. The smallest absolute Gasteiger partial charge is 0.202 e. The largest absolute Gasteiger partial charge is 0.497 e. The summed E-state index contributed by atoms with van der Waals surface area (Å²) in [5.74, 6) is 0.385. The van der Waals surface area contributed by atoms with Crippen molar-refractivity contribution >= 4 is 16.8 Å². The maximum atomic E-state index is 13.0. The summed E-state index contributed by atoms with van der Waals surface area (Å²) in [4.78, 5) is 30.5. The van der Waals surface area contributed by atoms with Crippen molar-refractivity contribution in [3.63, 3.8) is 0 Å². The molecule has 0 aliphatic rings. The molecule has 5 heteroatoms. The van der Waals surface area contributed by atoms with Crippen molar-refractivity contribution in [2.24, 2.45) is 0 Å². The van der Waals surface area contributed by atoms with Crippen LogP contribution < -0.4 is 10.2 Å². The van der Waals surface area contributed by atoms with E-state index >= 15 is 0 Å². The number of fused-ring (bicyclic) bond motifs is 1. The minimum atomic E-state index is -0.283. The van der Waals surface area contributed by atoms with Crippen LogP contribution in [0.15, 0.2) is 47.4 Å². The first kappa shape index (κ1) is 18.8. The highest BCUT2D eigenvalue weighted by molar-refractivity contribution is 6.10. The molecule has 2 heterocycles. The number of carbonyl (C=O) groups excluding carboxylic acids is 1. The predicted octanol–water partition coefficient (Wildman–Crippen LogP) is 4.13. The summed E-state index contributed by atoms with van der Waals surface area (Å²) in [6, 6.07) is 10.4. The normalized spacial score (nSPS) is 10.9. The van der Waals surface area contributed by atoms with E-state index in [9.17, 15) is 9.59 Å². The number of nitrogens with zero attached hydrogens (tertiary/aromatic N) is 2. The first-order valence-electron chi connectivity index (χ1n) is 9.24. The molecule has 0 unspecified atom stereocenters. The SMILES string of the molecule is CCCCCn1cc(C(=O)c2ccc(OC)cc2)c(=O)c2ccc(C)nc21. The minimum absolute atomic E-state index is 0.176. The van der Waals surface area contributed by atoms with Gasteiger partial charge in [-0.15, -0.1) is 0 Å². The van der Waals surface area contributed by atoms with E-state index in [2.05, 4.69) is 11.9 Å². The molecule has 140 valence electrons. The fourth-order valence-electron chi connectivity index (χ4n) is 3.12. The van der Waals surface area contributed by atoms with Crippen LogP contribution in [0.5, 0.6) is 5.75 Å². The van der Waals surface area contributed by atoms with E-state index in [0.717, 1.165) is 31.5 Å². The molecular formula is C22H24N2O3. The molecule has 3 rings (SSSR count). The molecule has 0 saturated carbocycles. The average molecular weight is 364 g/mol. The number of pyridine rings is 2. The highest BCUT2D eigenvalue weighted by Crippen LogP contribution is 2.17. The van der Waals surface area contributed by atoms with E-state index in [1.807, 2.05) is 17.6 Å². The molecular weight excluding hydrogens is 340 g/mol. The van der Waals surface area contributed by atoms with Crippen molar-refractivity contribution in [2.45, 2.75) is 39.7 Å². The van der Waals surface area contributed by atoms with E-state index in [0.29, 0.717) is 22.3 Å². The lowest BCUT2D eigenvalue weighted by atomic mass is 10.0. The third-order valence-corrected chi connectivity index (χ3v) is 4.66. The number of ketones is 1. The van der Waals surface area contributed by atoms with Gasteiger partial charge in [0.15, 0.2) is 5.78 Å². The van der Waals surface area contributed by atoms with Crippen molar-refractivity contribution in [2.75, 3.05) is 7.11 Å². The number of hydrogen-bond donors (Lipinski definition) is 0. The quantitative estimate of drug-likeness (QED) is 0.467. The van der Waals surface area contributed by atoms with Gasteiger partial charge in [0.25, 0.3) is 0 Å². The molecule has 0 bridgehead atoms. The van der Waals surface area contributed by atoms with Crippen molar-refractivity contribution in [1.29, 1.82) is 0 Å². The average Bonchev–Trinajstić information content (AvgIpc) is 2.69. The van der Waals surface area contributed by atoms with Gasteiger partial charge in [0.1, 0.15) is 11.4 Å². The number of unbranched alkanes of at least 4 members (excludes halogenated alkanes) is 2. The molecule has 0 spiro atoms. The first-order valence-corrected chi connectivity index (χ1v) is 9.24. The zero-order valence-corrected chi connectivity index (χ0v) is 16.0. The second kappa shape index (κ2) is 8.16. The first-order chi connectivity index (χ1) is 13.0. The molecule has 1 aromatic carbocycles. The third-order valence-electron chi connectivity index (χ3n) is 4.66. The summed E-state index contributed by atoms with van der Waals surface area (Å²) in [6.45, 7) is 4.77. The number of hydrogen-bond acceptors (Lipinski definition) is 4. The summed E-state index contributed by atoms with van der Waals surface area (Å²) in [5.41, 5.74) is 1.86.